The Bertz CT molecular complexity index is 424. The summed E-state index contributed by atoms with van der Waals surface area (Å²) in [5.41, 5.74) is 1.55. The Labute approximate surface area is 115 Å². The minimum absolute atomic E-state index is 0.226. The van der Waals surface area contributed by atoms with Crippen LogP contribution in [0.1, 0.15) is 63.5 Å². The zero-order valence-electron chi connectivity index (χ0n) is 12.3. The zero-order chi connectivity index (χ0) is 14.4. The van der Waals surface area contributed by atoms with Crippen LogP contribution >= 0.6 is 0 Å². The molecule has 1 unspecified atom stereocenters. The van der Waals surface area contributed by atoms with Gasteiger partial charge in [-0.05, 0) is 24.3 Å². The Balaban J connectivity index is 3.05. The van der Waals surface area contributed by atoms with Gasteiger partial charge in [-0.15, -0.1) is 0 Å². The van der Waals surface area contributed by atoms with Gasteiger partial charge in [-0.25, -0.2) is 0 Å². The Morgan fingerprint density at radius 2 is 1.89 bits per heavy atom. The molecule has 1 rings (SSSR count). The molecule has 0 aromatic heterocycles. The molecule has 1 atom stereocenters. The van der Waals surface area contributed by atoms with Crippen molar-refractivity contribution in [2.75, 3.05) is 6.61 Å². The molecule has 0 aliphatic heterocycles. The molecular weight excluding hydrogens is 240 g/mol. The highest BCUT2D eigenvalue weighted by Crippen LogP contribution is 2.35. The van der Waals surface area contributed by atoms with Gasteiger partial charge in [0.2, 0.25) is 0 Å². The number of esters is 1. The first kappa shape index (κ1) is 15.5. The summed E-state index contributed by atoms with van der Waals surface area (Å²) in [6, 6.07) is 5.59. The maximum absolute atomic E-state index is 12.0. The highest BCUT2D eigenvalue weighted by atomic mass is 16.5. The maximum Gasteiger partial charge on any atom is 0.313 e. The van der Waals surface area contributed by atoms with Crippen LogP contribution in [-0.2, 0) is 9.53 Å². The van der Waals surface area contributed by atoms with Crippen molar-refractivity contribution in [2.24, 2.45) is 0 Å². The molecule has 19 heavy (non-hydrogen) atoms. The van der Waals surface area contributed by atoms with E-state index in [0.29, 0.717) is 18.6 Å². The molecule has 0 saturated heterocycles. The van der Waals surface area contributed by atoms with Gasteiger partial charge in [-0.2, -0.15) is 0 Å². The fraction of sp³-hybridized carbons (Fsp3) is 0.562. The van der Waals surface area contributed by atoms with Crippen molar-refractivity contribution in [1.29, 1.82) is 0 Å². The lowest BCUT2D eigenvalue weighted by molar-refractivity contribution is -0.145. The number of ether oxygens (including phenoxy) is 1. The van der Waals surface area contributed by atoms with Crippen molar-refractivity contribution in [3.8, 4) is 5.75 Å². The summed E-state index contributed by atoms with van der Waals surface area (Å²) in [6.07, 6.45) is 1.43. The van der Waals surface area contributed by atoms with Crippen LogP contribution in [0.5, 0.6) is 5.75 Å². The lowest BCUT2D eigenvalue weighted by Gasteiger charge is -2.18. The van der Waals surface area contributed by atoms with E-state index in [9.17, 15) is 9.90 Å². The second-order valence-corrected chi connectivity index (χ2v) is 5.07. The zero-order valence-corrected chi connectivity index (χ0v) is 12.3. The lowest BCUT2D eigenvalue weighted by Crippen LogP contribution is -2.16. The molecule has 1 aromatic carbocycles. The SMILES string of the molecule is CCCOC(=O)C(CC)c1cccc(C(C)C)c1O. The number of para-hydroxylation sites is 1. The summed E-state index contributed by atoms with van der Waals surface area (Å²) in [4.78, 5) is 12.0. The van der Waals surface area contributed by atoms with Gasteiger partial charge in [0.25, 0.3) is 0 Å². The van der Waals surface area contributed by atoms with Crippen molar-refractivity contribution in [2.45, 2.75) is 52.4 Å². The molecule has 0 amide bonds. The van der Waals surface area contributed by atoms with Crippen molar-refractivity contribution >= 4 is 5.97 Å². The minimum atomic E-state index is -0.384. The van der Waals surface area contributed by atoms with E-state index in [1.165, 1.54) is 0 Å². The van der Waals surface area contributed by atoms with E-state index in [1.54, 1.807) is 0 Å². The van der Waals surface area contributed by atoms with Crippen LogP contribution in [-0.4, -0.2) is 17.7 Å². The summed E-state index contributed by atoms with van der Waals surface area (Å²) in [6.45, 7) is 8.37. The van der Waals surface area contributed by atoms with E-state index in [2.05, 4.69) is 0 Å². The molecule has 0 radical (unpaired) electrons. The smallest absolute Gasteiger partial charge is 0.313 e. The summed E-state index contributed by atoms with van der Waals surface area (Å²) in [7, 11) is 0. The van der Waals surface area contributed by atoms with Crippen molar-refractivity contribution in [3.63, 3.8) is 0 Å². The second kappa shape index (κ2) is 7.17. The van der Waals surface area contributed by atoms with E-state index < -0.39 is 0 Å². The van der Waals surface area contributed by atoms with Crippen LogP contribution in [0, 0.1) is 0 Å². The lowest BCUT2D eigenvalue weighted by atomic mass is 9.91. The number of hydrogen-bond acceptors (Lipinski definition) is 3. The quantitative estimate of drug-likeness (QED) is 0.791. The summed E-state index contributed by atoms with van der Waals surface area (Å²) >= 11 is 0. The Hall–Kier alpha value is -1.51. The number of hydrogen-bond donors (Lipinski definition) is 1. The van der Waals surface area contributed by atoms with Gasteiger partial charge in [-0.1, -0.05) is 45.9 Å². The largest absolute Gasteiger partial charge is 0.507 e. The van der Waals surface area contributed by atoms with Gasteiger partial charge in [0.15, 0.2) is 0 Å². The Morgan fingerprint density at radius 1 is 1.26 bits per heavy atom. The van der Waals surface area contributed by atoms with Gasteiger partial charge in [0.05, 0.1) is 12.5 Å². The molecular formula is C16H24O3. The van der Waals surface area contributed by atoms with E-state index in [4.69, 9.17) is 4.74 Å². The van der Waals surface area contributed by atoms with Gasteiger partial charge >= 0.3 is 5.97 Å². The van der Waals surface area contributed by atoms with Crippen molar-refractivity contribution in [1.82, 2.24) is 0 Å². The minimum Gasteiger partial charge on any atom is -0.507 e. The normalized spacial score (nSPS) is 12.5. The predicted octanol–water partition coefficient (Wildman–Crippen LogP) is 3.96. The Morgan fingerprint density at radius 3 is 2.42 bits per heavy atom. The molecule has 0 bridgehead atoms. The third-order valence-electron chi connectivity index (χ3n) is 3.24. The van der Waals surface area contributed by atoms with E-state index in [1.807, 2.05) is 45.9 Å². The summed E-state index contributed by atoms with van der Waals surface area (Å²) < 4.78 is 5.20. The molecule has 0 fully saturated rings. The molecule has 106 valence electrons. The average molecular weight is 264 g/mol. The number of benzene rings is 1. The van der Waals surface area contributed by atoms with Crippen LogP contribution in [0.25, 0.3) is 0 Å². The van der Waals surface area contributed by atoms with Crippen LogP contribution in [0.15, 0.2) is 18.2 Å². The number of phenolic OH excluding ortho intramolecular Hbond substituents is 1. The molecule has 0 saturated carbocycles. The first-order valence-electron chi connectivity index (χ1n) is 7.01. The number of rotatable bonds is 6. The van der Waals surface area contributed by atoms with Gasteiger partial charge in [0, 0.05) is 5.56 Å². The number of carbonyl (C=O) groups is 1. The maximum atomic E-state index is 12.0. The molecule has 0 aliphatic rings. The number of phenols is 1. The van der Waals surface area contributed by atoms with Gasteiger partial charge in [0.1, 0.15) is 5.75 Å². The first-order valence-corrected chi connectivity index (χ1v) is 7.01. The van der Waals surface area contributed by atoms with Crippen LogP contribution < -0.4 is 0 Å². The predicted molar refractivity (Wildman–Crippen MR) is 76.5 cm³/mol. The van der Waals surface area contributed by atoms with Crippen LogP contribution in [0.4, 0.5) is 0 Å². The van der Waals surface area contributed by atoms with Gasteiger partial charge in [-0.3, -0.25) is 4.79 Å². The average Bonchev–Trinajstić information content (AvgIpc) is 2.38. The molecule has 3 nitrogen and oxygen atoms in total. The second-order valence-electron chi connectivity index (χ2n) is 5.07. The van der Waals surface area contributed by atoms with Crippen molar-refractivity contribution in [3.05, 3.63) is 29.3 Å². The number of carbonyl (C=O) groups excluding carboxylic acids is 1. The summed E-state index contributed by atoms with van der Waals surface area (Å²) in [5, 5.41) is 10.3. The van der Waals surface area contributed by atoms with Crippen LogP contribution in [0.2, 0.25) is 0 Å². The Kier molecular flexibility index (Phi) is 5.87. The highest BCUT2D eigenvalue weighted by molar-refractivity contribution is 5.79. The summed E-state index contributed by atoms with van der Waals surface area (Å²) in [5.74, 6) is -0.173. The first-order chi connectivity index (χ1) is 9.02. The standard InChI is InChI=1S/C16H24O3/c1-5-10-19-16(18)12(6-2)14-9-7-8-13(11(3)4)15(14)17/h7-9,11-12,17H,5-6,10H2,1-4H3. The number of aromatic hydroxyl groups is 1. The molecule has 0 aliphatic carbocycles. The van der Waals surface area contributed by atoms with E-state index in [0.717, 1.165) is 12.0 Å². The van der Waals surface area contributed by atoms with E-state index in [-0.39, 0.29) is 23.6 Å². The fourth-order valence-electron chi connectivity index (χ4n) is 2.14. The molecule has 1 N–H and O–H groups in total. The molecule has 3 heteroatoms. The molecule has 0 spiro atoms. The highest BCUT2D eigenvalue weighted by Gasteiger charge is 2.24. The van der Waals surface area contributed by atoms with Crippen LogP contribution in [0.3, 0.4) is 0 Å². The van der Waals surface area contributed by atoms with Gasteiger partial charge < -0.3 is 9.84 Å². The van der Waals surface area contributed by atoms with Crippen molar-refractivity contribution < 1.29 is 14.6 Å². The molecule has 1 aromatic rings. The topological polar surface area (TPSA) is 46.5 Å². The fourth-order valence-corrected chi connectivity index (χ4v) is 2.14. The van der Waals surface area contributed by atoms with E-state index >= 15 is 0 Å². The third-order valence-corrected chi connectivity index (χ3v) is 3.24. The monoisotopic (exact) mass is 264 g/mol. The molecule has 0 heterocycles. The third kappa shape index (κ3) is 3.72.